The predicted molar refractivity (Wildman–Crippen MR) is 89.0 cm³/mol. The standard InChI is InChI=1S/C16H20Cl2N2O/c1-2-19-8-3-9-20-11-13-5-7-16(21-13)14-6-4-12(17)10-15(14)18/h4-7,10,19-20H,2-3,8-9,11H2,1H3. The minimum Gasteiger partial charge on any atom is -0.460 e. The highest BCUT2D eigenvalue weighted by atomic mass is 35.5. The summed E-state index contributed by atoms with van der Waals surface area (Å²) in [6.45, 7) is 5.85. The lowest BCUT2D eigenvalue weighted by Gasteiger charge is -2.04. The van der Waals surface area contributed by atoms with Crippen LogP contribution in [0.4, 0.5) is 0 Å². The van der Waals surface area contributed by atoms with Gasteiger partial charge in [-0.15, -0.1) is 0 Å². The summed E-state index contributed by atoms with van der Waals surface area (Å²) in [7, 11) is 0. The van der Waals surface area contributed by atoms with Crippen LogP contribution in [0.3, 0.4) is 0 Å². The number of hydrogen-bond acceptors (Lipinski definition) is 3. The zero-order valence-corrected chi connectivity index (χ0v) is 13.6. The van der Waals surface area contributed by atoms with Crippen LogP contribution in [0, 0.1) is 0 Å². The Balaban J connectivity index is 1.86. The third-order valence-corrected chi connectivity index (χ3v) is 3.66. The first-order chi connectivity index (χ1) is 10.2. The molecule has 0 atom stereocenters. The second kappa shape index (κ2) is 8.44. The largest absolute Gasteiger partial charge is 0.460 e. The highest BCUT2D eigenvalue weighted by Crippen LogP contribution is 2.31. The summed E-state index contributed by atoms with van der Waals surface area (Å²) in [5, 5.41) is 7.88. The Morgan fingerprint density at radius 2 is 1.86 bits per heavy atom. The van der Waals surface area contributed by atoms with Gasteiger partial charge in [-0.2, -0.15) is 0 Å². The van der Waals surface area contributed by atoms with Crippen LogP contribution in [-0.4, -0.2) is 19.6 Å². The van der Waals surface area contributed by atoms with Gasteiger partial charge in [-0.25, -0.2) is 0 Å². The van der Waals surface area contributed by atoms with Crippen LogP contribution in [0.25, 0.3) is 11.3 Å². The van der Waals surface area contributed by atoms with Gasteiger partial charge in [0.25, 0.3) is 0 Å². The van der Waals surface area contributed by atoms with E-state index in [1.165, 1.54) is 0 Å². The summed E-state index contributed by atoms with van der Waals surface area (Å²) in [6.07, 6.45) is 1.10. The average molecular weight is 327 g/mol. The molecule has 114 valence electrons. The molecule has 1 aromatic heterocycles. The van der Waals surface area contributed by atoms with E-state index in [9.17, 15) is 0 Å². The first-order valence-corrected chi connectivity index (χ1v) is 7.92. The number of furan rings is 1. The molecule has 5 heteroatoms. The van der Waals surface area contributed by atoms with Crippen molar-refractivity contribution in [3.05, 3.63) is 46.1 Å². The maximum Gasteiger partial charge on any atom is 0.135 e. The SMILES string of the molecule is CCNCCCNCc1ccc(-c2ccc(Cl)cc2Cl)o1. The first kappa shape index (κ1) is 16.4. The maximum atomic E-state index is 6.18. The Kier molecular flexibility index (Phi) is 6.58. The first-order valence-electron chi connectivity index (χ1n) is 7.16. The summed E-state index contributed by atoms with van der Waals surface area (Å²) < 4.78 is 5.81. The Morgan fingerprint density at radius 3 is 2.62 bits per heavy atom. The Bertz CT molecular complexity index is 569. The third-order valence-electron chi connectivity index (χ3n) is 3.11. The number of nitrogens with one attached hydrogen (secondary N) is 2. The van der Waals surface area contributed by atoms with Crippen molar-refractivity contribution in [1.82, 2.24) is 10.6 Å². The van der Waals surface area contributed by atoms with E-state index in [0.717, 1.165) is 49.7 Å². The van der Waals surface area contributed by atoms with E-state index in [2.05, 4.69) is 17.6 Å². The van der Waals surface area contributed by atoms with Crippen molar-refractivity contribution in [1.29, 1.82) is 0 Å². The van der Waals surface area contributed by atoms with E-state index in [1.807, 2.05) is 24.3 Å². The predicted octanol–water partition coefficient (Wildman–Crippen LogP) is 4.34. The molecule has 2 rings (SSSR count). The van der Waals surface area contributed by atoms with Gasteiger partial charge in [-0.1, -0.05) is 30.1 Å². The van der Waals surface area contributed by atoms with Gasteiger partial charge < -0.3 is 15.1 Å². The van der Waals surface area contributed by atoms with Crippen molar-refractivity contribution < 1.29 is 4.42 Å². The smallest absolute Gasteiger partial charge is 0.135 e. The van der Waals surface area contributed by atoms with E-state index in [-0.39, 0.29) is 0 Å². The minimum absolute atomic E-state index is 0.599. The van der Waals surface area contributed by atoms with Crippen molar-refractivity contribution in [2.45, 2.75) is 19.9 Å². The summed E-state index contributed by atoms with van der Waals surface area (Å²) in [6, 6.07) is 9.31. The Hall–Kier alpha value is -1.00. The third kappa shape index (κ3) is 5.04. The zero-order chi connectivity index (χ0) is 15.1. The van der Waals surface area contributed by atoms with Gasteiger partial charge in [0.1, 0.15) is 11.5 Å². The number of rotatable bonds is 8. The lowest BCUT2D eigenvalue weighted by Crippen LogP contribution is -2.21. The molecule has 0 aliphatic heterocycles. The summed E-state index contributed by atoms with van der Waals surface area (Å²) in [4.78, 5) is 0. The fourth-order valence-electron chi connectivity index (χ4n) is 2.03. The second-order valence-corrected chi connectivity index (χ2v) is 5.62. The van der Waals surface area contributed by atoms with Gasteiger partial charge >= 0.3 is 0 Å². The van der Waals surface area contributed by atoms with Gasteiger partial charge in [-0.05, 0) is 56.4 Å². The molecule has 0 saturated carbocycles. The van der Waals surface area contributed by atoms with Crippen LogP contribution < -0.4 is 10.6 Å². The molecule has 1 aromatic carbocycles. The lowest BCUT2D eigenvalue weighted by molar-refractivity contribution is 0.488. The normalized spacial score (nSPS) is 11.0. The molecule has 0 saturated heterocycles. The number of halogens is 2. The van der Waals surface area contributed by atoms with Crippen molar-refractivity contribution in [3.63, 3.8) is 0 Å². The molecular formula is C16H20Cl2N2O. The molecule has 0 aliphatic rings. The fraction of sp³-hybridized carbons (Fsp3) is 0.375. The zero-order valence-electron chi connectivity index (χ0n) is 12.1. The number of hydrogen-bond donors (Lipinski definition) is 2. The van der Waals surface area contributed by atoms with Gasteiger partial charge in [0.15, 0.2) is 0 Å². The summed E-state index contributed by atoms with van der Waals surface area (Å²) >= 11 is 12.1. The fourth-order valence-corrected chi connectivity index (χ4v) is 2.54. The Labute approximate surface area is 135 Å². The molecule has 0 unspecified atom stereocenters. The van der Waals surface area contributed by atoms with Crippen LogP contribution in [0.1, 0.15) is 19.1 Å². The summed E-state index contributed by atoms with van der Waals surface area (Å²) in [5.41, 5.74) is 0.861. The molecule has 0 amide bonds. The highest BCUT2D eigenvalue weighted by molar-refractivity contribution is 6.36. The average Bonchev–Trinajstić information content (AvgIpc) is 2.91. The molecule has 0 aliphatic carbocycles. The van der Waals surface area contributed by atoms with Crippen LogP contribution >= 0.6 is 23.2 Å². The molecule has 0 spiro atoms. The van der Waals surface area contributed by atoms with Crippen LogP contribution in [0.2, 0.25) is 10.0 Å². The monoisotopic (exact) mass is 326 g/mol. The van der Waals surface area contributed by atoms with E-state index >= 15 is 0 Å². The molecule has 1 heterocycles. The number of benzene rings is 1. The van der Waals surface area contributed by atoms with Crippen molar-refractivity contribution in [2.75, 3.05) is 19.6 Å². The van der Waals surface area contributed by atoms with Crippen LogP contribution in [0.15, 0.2) is 34.7 Å². The van der Waals surface area contributed by atoms with Crippen LogP contribution in [-0.2, 0) is 6.54 Å². The molecule has 21 heavy (non-hydrogen) atoms. The van der Waals surface area contributed by atoms with Gasteiger partial charge in [0, 0.05) is 10.6 Å². The van der Waals surface area contributed by atoms with Crippen molar-refractivity contribution >= 4 is 23.2 Å². The van der Waals surface area contributed by atoms with Gasteiger partial charge in [0.2, 0.25) is 0 Å². The quantitative estimate of drug-likeness (QED) is 0.708. The Morgan fingerprint density at radius 1 is 1.05 bits per heavy atom. The summed E-state index contributed by atoms with van der Waals surface area (Å²) in [5.74, 6) is 1.67. The minimum atomic E-state index is 0.599. The van der Waals surface area contributed by atoms with E-state index in [1.54, 1.807) is 6.07 Å². The van der Waals surface area contributed by atoms with E-state index in [4.69, 9.17) is 27.6 Å². The second-order valence-electron chi connectivity index (χ2n) is 4.77. The molecule has 0 radical (unpaired) electrons. The van der Waals surface area contributed by atoms with Crippen molar-refractivity contribution in [2.24, 2.45) is 0 Å². The van der Waals surface area contributed by atoms with Crippen LogP contribution in [0.5, 0.6) is 0 Å². The molecule has 2 N–H and O–H groups in total. The maximum absolute atomic E-state index is 6.18. The topological polar surface area (TPSA) is 37.2 Å². The molecule has 3 nitrogen and oxygen atoms in total. The van der Waals surface area contributed by atoms with Gasteiger partial charge in [0.05, 0.1) is 11.6 Å². The molecule has 0 fully saturated rings. The van der Waals surface area contributed by atoms with Crippen molar-refractivity contribution in [3.8, 4) is 11.3 Å². The molecule has 0 bridgehead atoms. The highest BCUT2D eigenvalue weighted by Gasteiger charge is 2.09. The van der Waals surface area contributed by atoms with E-state index in [0.29, 0.717) is 10.0 Å². The van der Waals surface area contributed by atoms with E-state index < -0.39 is 0 Å². The van der Waals surface area contributed by atoms with Gasteiger partial charge in [-0.3, -0.25) is 0 Å². The lowest BCUT2D eigenvalue weighted by atomic mass is 10.2. The molecular weight excluding hydrogens is 307 g/mol. The molecule has 2 aromatic rings.